The first kappa shape index (κ1) is 16.2. The lowest BCUT2D eigenvalue weighted by Crippen LogP contribution is -2.12. The predicted octanol–water partition coefficient (Wildman–Crippen LogP) is 0.594. The van der Waals surface area contributed by atoms with E-state index in [2.05, 4.69) is 4.98 Å². The van der Waals surface area contributed by atoms with E-state index in [0.717, 1.165) is 0 Å². The quantitative estimate of drug-likeness (QED) is 0.626. The molecular formula is C13H19N3O4. The molecule has 0 aliphatic rings. The fourth-order valence-corrected chi connectivity index (χ4v) is 1.29. The minimum atomic E-state index is 0.162. The second-order valence-corrected chi connectivity index (χ2v) is 3.77. The number of rotatable bonds is 10. The van der Waals surface area contributed by atoms with E-state index < -0.39 is 0 Å². The number of hydrogen-bond donors (Lipinski definition) is 1. The molecule has 0 radical (unpaired) electrons. The largest absolute Gasteiger partial charge is 0.475 e. The number of nitrogens with zero attached hydrogens (tertiary/aromatic N) is 2. The van der Waals surface area contributed by atoms with Crippen LogP contribution in [0.5, 0.6) is 5.88 Å². The molecule has 0 unspecified atom stereocenters. The van der Waals surface area contributed by atoms with Crippen molar-refractivity contribution < 1.29 is 18.9 Å². The van der Waals surface area contributed by atoms with Gasteiger partial charge in [0.15, 0.2) is 5.69 Å². The number of nitrogens with two attached hydrogens (primary N) is 1. The van der Waals surface area contributed by atoms with Crippen LogP contribution in [0.15, 0.2) is 12.1 Å². The van der Waals surface area contributed by atoms with Crippen LogP contribution in [-0.4, -0.2) is 51.7 Å². The molecule has 1 aromatic rings. The summed E-state index contributed by atoms with van der Waals surface area (Å²) in [6.45, 7) is 2.91. The normalized spacial score (nSPS) is 10.2. The van der Waals surface area contributed by atoms with Crippen LogP contribution >= 0.6 is 0 Å². The van der Waals surface area contributed by atoms with Crippen LogP contribution in [0, 0.1) is 11.3 Å². The SMILES string of the molecule is COCCOCCOCCOc1ccc(N)c(C#N)n1. The number of hydrogen-bond acceptors (Lipinski definition) is 7. The summed E-state index contributed by atoms with van der Waals surface area (Å²) in [4.78, 5) is 3.96. The molecule has 1 rings (SSSR count). The smallest absolute Gasteiger partial charge is 0.214 e. The molecule has 0 aliphatic carbocycles. The highest BCUT2D eigenvalue weighted by Crippen LogP contribution is 2.13. The van der Waals surface area contributed by atoms with E-state index in [1.54, 1.807) is 19.2 Å². The highest BCUT2D eigenvalue weighted by atomic mass is 16.6. The van der Waals surface area contributed by atoms with E-state index in [0.29, 0.717) is 51.2 Å². The number of ether oxygens (including phenoxy) is 4. The summed E-state index contributed by atoms with van der Waals surface area (Å²) in [6.07, 6.45) is 0. The van der Waals surface area contributed by atoms with Crippen molar-refractivity contribution in [2.75, 3.05) is 52.5 Å². The number of anilines is 1. The van der Waals surface area contributed by atoms with Gasteiger partial charge in [0.05, 0.1) is 38.7 Å². The molecule has 0 saturated carbocycles. The first-order valence-corrected chi connectivity index (χ1v) is 6.21. The topological polar surface area (TPSA) is 99.6 Å². The van der Waals surface area contributed by atoms with E-state index in [4.69, 9.17) is 29.9 Å². The molecule has 1 heterocycles. The maximum atomic E-state index is 8.78. The molecule has 0 fully saturated rings. The maximum Gasteiger partial charge on any atom is 0.214 e. The Morgan fingerprint density at radius 1 is 1.10 bits per heavy atom. The monoisotopic (exact) mass is 281 g/mol. The summed E-state index contributed by atoms with van der Waals surface area (Å²) in [6, 6.07) is 5.10. The Kier molecular flexibility index (Phi) is 8.07. The molecule has 20 heavy (non-hydrogen) atoms. The van der Waals surface area contributed by atoms with Crippen molar-refractivity contribution in [1.82, 2.24) is 4.98 Å². The lowest BCUT2D eigenvalue weighted by atomic mass is 10.3. The second-order valence-electron chi connectivity index (χ2n) is 3.77. The van der Waals surface area contributed by atoms with Gasteiger partial charge in [0.1, 0.15) is 12.7 Å². The van der Waals surface area contributed by atoms with Gasteiger partial charge >= 0.3 is 0 Å². The summed E-state index contributed by atoms with van der Waals surface area (Å²) in [5.41, 5.74) is 6.06. The summed E-state index contributed by atoms with van der Waals surface area (Å²) in [7, 11) is 1.63. The van der Waals surface area contributed by atoms with Crippen molar-refractivity contribution >= 4 is 5.69 Å². The Bertz CT molecular complexity index is 434. The molecule has 0 spiro atoms. The van der Waals surface area contributed by atoms with Gasteiger partial charge in [-0.1, -0.05) is 0 Å². The number of aromatic nitrogens is 1. The lowest BCUT2D eigenvalue weighted by Gasteiger charge is -2.07. The van der Waals surface area contributed by atoms with Gasteiger partial charge < -0.3 is 24.7 Å². The van der Waals surface area contributed by atoms with Crippen LogP contribution in [0.4, 0.5) is 5.69 Å². The van der Waals surface area contributed by atoms with Gasteiger partial charge in [-0.25, -0.2) is 4.98 Å². The third-order valence-corrected chi connectivity index (χ3v) is 2.29. The molecule has 0 atom stereocenters. The van der Waals surface area contributed by atoms with Gasteiger partial charge in [-0.3, -0.25) is 0 Å². The minimum absolute atomic E-state index is 0.162. The molecule has 7 nitrogen and oxygen atoms in total. The maximum absolute atomic E-state index is 8.78. The van der Waals surface area contributed by atoms with Crippen LogP contribution in [0.25, 0.3) is 0 Å². The minimum Gasteiger partial charge on any atom is -0.475 e. The van der Waals surface area contributed by atoms with Crippen LogP contribution in [-0.2, 0) is 14.2 Å². The first-order valence-electron chi connectivity index (χ1n) is 6.21. The van der Waals surface area contributed by atoms with Crippen molar-refractivity contribution in [1.29, 1.82) is 5.26 Å². The van der Waals surface area contributed by atoms with E-state index in [1.807, 2.05) is 6.07 Å². The van der Waals surface area contributed by atoms with Crippen molar-refractivity contribution in [3.8, 4) is 11.9 Å². The standard InChI is InChI=1S/C13H19N3O4/c1-17-4-5-18-6-7-19-8-9-20-13-3-2-11(15)12(10-14)16-13/h2-3H,4-9,15H2,1H3. The predicted molar refractivity (Wildman–Crippen MR) is 72.4 cm³/mol. The highest BCUT2D eigenvalue weighted by Gasteiger charge is 2.02. The molecule has 0 saturated heterocycles. The summed E-state index contributed by atoms with van der Waals surface area (Å²) >= 11 is 0. The Labute approximate surface area is 118 Å². The molecule has 7 heteroatoms. The second kappa shape index (κ2) is 9.97. The lowest BCUT2D eigenvalue weighted by molar-refractivity contribution is 0.0176. The number of pyridine rings is 1. The summed E-state index contributed by atoms with van der Waals surface area (Å²) in [5.74, 6) is 0.357. The van der Waals surface area contributed by atoms with E-state index in [-0.39, 0.29) is 5.69 Å². The molecular weight excluding hydrogens is 262 g/mol. The molecule has 1 aromatic heterocycles. The van der Waals surface area contributed by atoms with Gasteiger partial charge in [0.25, 0.3) is 0 Å². The van der Waals surface area contributed by atoms with Crippen LogP contribution in [0.2, 0.25) is 0 Å². The average Bonchev–Trinajstić information content (AvgIpc) is 2.47. The fourth-order valence-electron chi connectivity index (χ4n) is 1.29. The summed E-state index contributed by atoms with van der Waals surface area (Å²) in [5, 5.41) is 8.78. The zero-order valence-corrected chi connectivity index (χ0v) is 11.5. The Hall–Kier alpha value is -1.88. The van der Waals surface area contributed by atoms with Gasteiger partial charge in [0, 0.05) is 13.2 Å². The third kappa shape index (κ3) is 6.33. The van der Waals surface area contributed by atoms with E-state index in [9.17, 15) is 0 Å². The van der Waals surface area contributed by atoms with Crippen LogP contribution < -0.4 is 10.5 Å². The number of nitriles is 1. The molecule has 2 N–H and O–H groups in total. The molecule has 0 aliphatic heterocycles. The molecule has 0 aromatic carbocycles. The van der Waals surface area contributed by atoms with Gasteiger partial charge in [-0.2, -0.15) is 5.26 Å². The van der Waals surface area contributed by atoms with Gasteiger partial charge in [-0.05, 0) is 6.07 Å². The van der Waals surface area contributed by atoms with E-state index >= 15 is 0 Å². The highest BCUT2D eigenvalue weighted by molar-refractivity contribution is 5.50. The number of methoxy groups -OCH3 is 1. The molecule has 0 bridgehead atoms. The number of nitrogen functional groups attached to an aromatic ring is 1. The first-order chi connectivity index (χ1) is 9.77. The Morgan fingerprint density at radius 3 is 2.40 bits per heavy atom. The Balaban J connectivity index is 2.08. The Morgan fingerprint density at radius 2 is 1.75 bits per heavy atom. The fraction of sp³-hybridized carbons (Fsp3) is 0.538. The van der Waals surface area contributed by atoms with Crippen molar-refractivity contribution in [2.24, 2.45) is 0 Å². The van der Waals surface area contributed by atoms with Gasteiger partial charge in [-0.15, -0.1) is 0 Å². The van der Waals surface area contributed by atoms with Gasteiger partial charge in [0.2, 0.25) is 5.88 Å². The van der Waals surface area contributed by atoms with Crippen molar-refractivity contribution in [2.45, 2.75) is 0 Å². The van der Waals surface area contributed by atoms with Crippen LogP contribution in [0.1, 0.15) is 5.69 Å². The van der Waals surface area contributed by atoms with Crippen molar-refractivity contribution in [3.05, 3.63) is 17.8 Å². The average molecular weight is 281 g/mol. The summed E-state index contributed by atoms with van der Waals surface area (Å²) < 4.78 is 20.7. The molecule has 110 valence electrons. The van der Waals surface area contributed by atoms with Crippen LogP contribution in [0.3, 0.4) is 0 Å². The van der Waals surface area contributed by atoms with Crippen molar-refractivity contribution in [3.63, 3.8) is 0 Å². The molecule has 0 amide bonds. The van der Waals surface area contributed by atoms with E-state index in [1.165, 1.54) is 0 Å². The zero-order chi connectivity index (χ0) is 14.6. The zero-order valence-electron chi connectivity index (χ0n) is 11.5. The third-order valence-electron chi connectivity index (χ3n) is 2.29.